The van der Waals surface area contributed by atoms with Crippen LogP contribution in [0.1, 0.15) is 5.56 Å². The van der Waals surface area contributed by atoms with Crippen LogP contribution in [0.3, 0.4) is 0 Å². The number of benzene rings is 1. The Hall–Kier alpha value is -2.37. The predicted molar refractivity (Wildman–Crippen MR) is 69.7 cm³/mol. The molecule has 1 amide bonds. The Morgan fingerprint density at radius 2 is 2.26 bits per heavy atom. The lowest BCUT2D eigenvalue weighted by molar-refractivity contribution is -0.121. The number of aromatic nitrogens is 3. The van der Waals surface area contributed by atoms with Gasteiger partial charge in [-0.05, 0) is 18.1 Å². The fourth-order valence-electron chi connectivity index (χ4n) is 1.76. The first-order valence-electron chi connectivity index (χ1n) is 6.00. The average molecular weight is 260 g/mol. The van der Waals surface area contributed by atoms with Gasteiger partial charge in [0.15, 0.2) is 0 Å². The standard InChI is InChI=1S/C13H16N4O2/c1-19-12-5-3-2-4-11(12)6-7-15-13(18)8-17-10-14-9-16-17/h2-5,9-10H,6-8H2,1H3,(H,15,18). The summed E-state index contributed by atoms with van der Waals surface area (Å²) >= 11 is 0. The zero-order valence-electron chi connectivity index (χ0n) is 10.7. The van der Waals surface area contributed by atoms with Gasteiger partial charge < -0.3 is 10.1 Å². The first-order chi connectivity index (χ1) is 9.29. The van der Waals surface area contributed by atoms with Crippen LogP contribution in [0.25, 0.3) is 0 Å². The van der Waals surface area contributed by atoms with Crippen molar-refractivity contribution < 1.29 is 9.53 Å². The Balaban J connectivity index is 1.78. The lowest BCUT2D eigenvalue weighted by Gasteiger charge is -2.09. The van der Waals surface area contributed by atoms with Gasteiger partial charge in [-0.25, -0.2) is 9.67 Å². The maximum atomic E-state index is 11.6. The SMILES string of the molecule is COc1ccccc1CCNC(=O)Cn1cncn1. The number of nitrogens with zero attached hydrogens (tertiary/aromatic N) is 3. The highest BCUT2D eigenvalue weighted by atomic mass is 16.5. The molecule has 2 rings (SSSR count). The quantitative estimate of drug-likeness (QED) is 0.827. The summed E-state index contributed by atoms with van der Waals surface area (Å²) in [6.45, 7) is 0.750. The molecule has 1 heterocycles. The third-order valence-corrected chi connectivity index (χ3v) is 2.68. The molecule has 0 unspecified atom stereocenters. The largest absolute Gasteiger partial charge is 0.496 e. The molecule has 0 aliphatic carbocycles. The molecule has 6 nitrogen and oxygen atoms in total. The fraction of sp³-hybridized carbons (Fsp3) is 0.308. The number of hydrogen-bond acceptors (Lipinski definition) is 4. The number of carbonyl (C=O) groups excluding carboxylic acids is 1. The second-order valence-corrected chi connectivity index (χ2v) is 4.00. The molecule has 0 fully saturated rings. The van der Waals surface area contributed by atoms with Gasteiger partial charge in [0.1, 0.15) is 24.9 Å². The van der Waals surface area contributed by atoms with E-state index in [1.54, 1.807) is 7.11 Å². The minimum absolute atomic E-state index is 0.0830. The summed E-state index contributed by atoms with van der Waals surface area (Å²) in [5.74, 6) is 0.758. The van der Waals surface area contributed by atoms with Crippen LogP contribution >= 0.6 is 0 Å². The molecular formula is C13H16N4O2. The molecule has 0 atom stereocenters. The molecular weight excluding hydrogens is 244 g/mol. The van der Waals surface area contributed by atoms with Crippen LogP contribution in [0.2, 0.25) is 0 Å². The van der Waals surface area contributed by atoms with Crippen molar-refractivity contribution in [3.63, 3.8) is 0 Å². The van der Waals surface area contributed by atoms with Gasteiger partial charge in [0.25, 0.3) is 0 Å². The maximum Gasteiger partial charge on any atom is 0.241 e. The Morgan fingerprint density at radius 1 is 1.42 bits per heavy atom. The van der Waals surface area contributed by atoms with Gasteiger partial charge in [-0.15, -0.1) is 0 Å². The minimum Gasteiger partial charge on any atom is -0.496 e. The van der Waals surface area contributed by atoms with E-state index in [-0.39, 0.29) is 12.5 Å². The van der Waals surface area contributed by atoms with Gasteiger partial charge >= 0.3 is 0 Å². The number of para-hydroxylation sites is 1. The lowest BCUT2D eigenvalue weighted by atomic mass is 10.1. The predicted octanol–water partition coefficient (Wildman–Crippen LogP) is 0.646. The number of carbonyl (C=O) groups is 1. The van der Waals surface area contributed by atoms with E-state index < -0.39 is 0 Å². The van der Waals surface area contributed by atoms with Crippen molar-refractivity contribution >= 4 is 5.91 Å². The Labute approximate surface area is 111 Å². The van der Waals surface area contributed by atoms with E-state index in [1.165, 1.54) is 17.3 Å². The normalized spacial score (nSPS) is 10.2. The van der Waals surface area contributed by atoms with Crippen LogP contribution in [-0.2, 0) is 17.8 Å². The molecule has 1 aromatic carbocycles. The minimum atomic E-state index is -0.0830. The molecule has 0 saturated carbocycles. The van der Waals surface area contributed by atoms with Crippen LogP contribution in [0.15, 0.2) is 36.9 Å². The number of rotatable bonds is 6. The van der Waals surface area contributed by atoms with Crippen molar-refractivity contribution in [1.29, 1.82) is 0 Å². The van der Waals surface area contributed by atoms with Gasteiger partial charge in [-0.3, -0.25) is 4.79 Å². The van der Waals surface area contributed by atoms with Crippen molar-refractivity contribution in [2.45, 2.75) is 13.0 Å². The summed E-state index contributed by atoms with van der Waals surface area (Å²) in [5, 5.41) is 6.71. The van der Waals surface area contributed by atoms with Gasteiger partial charge in [0.05, 0.1) is 7.11 Å². The van der Waals surface area contributed by atoms with Crippen LogP contribution in [0, 0.1) is 0 Å². The second-order valence-electron chi connectivity index (χ2n) is 4.00. The molecule has 6 heteroatoms. The third-order valence-electron chi connectivity index (χ3n) is 2.68. The van der Waals surface area contributed by atoms with Crippen LogP contribution in [-0.4, -0.2) is 34.3 Å². The van der Waals surface area contributed by atoms with Crippen molar-refractivity contribution in [3.05, 3.63) is 42.5 Å². The van der Waals surface area contributed by atoms with Crippen molar-refractivity contribution in [2.24, 2.45) is 0 Å². The van der Waals surface area contributed by atoms with Gasteiger partial charge in [-0.1, -0.05) is 18.2 Å². The van der Waals surface area contributed by atoms with Crippen LogP contribution in [0.4, 0.5) is 0 Å². The van der Waals surface area contributed by atoms with E-state index in [2.05, 4.69) is 15.4 Å². The molecule has 1 N–H and O–H groups in total. The van der Waals surface area contributed by atoms with E-state index in [0.717, 1.165) is 17.7 Å². The Kier molecular flexibility index (Phi) is 4.49. The van der Waals surface area contributed by atoms with Gasteiger partial charge in [0.2, 0.25) is 5.91 Å². The lowest BCUT2D eigenvalue weighted by Crippen LogP contribution is -2.29. The summed E-state index contributed by atoms with van der Waals surface area (Å²) in [7, 11) is 1.64. The average Bonchev–Trinajstić information content (AvgIpc) is 2.92. The highest BCUT2D eigenvalue weighted by Crippen LogP contribution is 2.17. The monoisotopic (exact) mass is 260 g/mol. The second kappa shape index (κ2) is 6.53. The van der Waals surface area contributed by atoms with E-state index >= 15 is 0 Å². The molecule has 0 aliphatic heterocycles. The van der Waals surface area contributed by atoms with Crippen molar-refractivity contribution in [1.82, 2.24) is 20.1 Å². The van der Waals surface area contributed by atoms with Crippen molar-refractivity contribution in [3.8, 4) is 5.75 Å². The molecule has 0 radical (unpaired) electrons. The fourth-order valence-corrected chi connectivity index (χ4v) is 1.76. The maximum absolute atomic E-state index is 11.6. The highest BCUT2D eigenvalue weighted by molar-refractivity contribution is 5.75. The zero-order chi connectivity index (χ0) is 13.5. The van der Waals surface area contributed by atoms with Crippen LogP contribution in [0.5, 0.6) is 5.75 Å². The van der Waals surface area contributed by atoms with E-state index in [4.69, 9.17) is 4.74 Å². The molecule has 0 aliphatic rings. The summed E-state index contributed by atoms with van der Waals surface area (Å²) in [4.78, 5) is 15.4. The molecule has 100 valence electrons. The van der Waals surface area contributed by atoms with Gasteiger partial charge in [-0.2, -0.15) is 5.10 Å². The summed E-state index contributed by atoms with van der Waals surface area (Å²) in [6.07, 6.45) is 3.65. The first-order valence-corrected chi connectivity index (χ1v) is 6.00. The van der Waals surface area contributed by atoms with Crippen LogP contribution < -0.4 is 10.1 Å². The number of amides is 1. The Morgan fingerprint density at radius 3 is 3.00 bits per heavy atom. The highest BCUT2D eigenvalue weighted by Gasteiger charge is 2.04. The van der Waals surface area contributed by atoms with Gasteiger partial charge in [0, 0.05) is 6.54 Å². The molecule has 19 heavy (non-hydrogen) atoms. The van der Waals surface area contributed by atoms with E-state index in [1.807, 2.05) is 24.3 Å². The third kappa shape index (κ3) is 3.80. The topological polar surface area (TPSA) is 69.0 Å². The molecule has 0 spiro atoms. The summed E-state index contributed by atoms with van der Waals surface area (Å²) in [5.41, 5.74) is 1.08. The molecule has 2 aromatic rings. The molecule has 0 bridgehead atoms. The Bertz CT molecular complexity index is 525. The molecule has 1 aromatic heterocycles. The summed E-state index contributed by atoms with van der Waals surface area (Å²) in [6, 6.07) is 7.77. The number of hydrogen-bond donors (Lipinski definition) is 1. The van der Waals surface area contributed by atoms with Crippen molar-refractivity contribution in [2.75, 3.05) is 13.7 Å². The number of methoxy groups -OCH3 is 1. The number of nitrogens with one attached hydrogen (secondary N) is 1. The first kappa shape index (κ1) is 13.1. The molecule has 0 saturated heterocycles. The zero-order valence-corrected chi connectivity index (χ0v) is 10.7. The smallest absolute Gasteiger partial charge is 0.241 e. The summed E-state index contributed by atoms with van der Waals surface area (Å²) < 4.78 is 6.74. The van der Waals surface area contributed by atoms with E-state index in [9.17, 15) is 4.79 Å². The van der Waals surface area contributed by atoms with E-state index in [0.29, 0.717) is 6.54 Å². The number of ether oxygens (including phenoxy) is 1.